The summed E-state index contributed by atoms with van der Waals surface area (Å²) in [6.07, 6.45) is 3.82. The second-order valence-corrected chi connectivity index (χ2v) is 9.97. The standard InChI is InChI=1S/C29H25N3O3S2/c1-3-35-25-11-7-8-21(16-25)27-22(19-32(30-27)23-9-5-4-6-10-23)17-26-28(33)31(29(36)37-26)18-20-12-14-24(34-2)15-13-20/h4-17,19H,3,18H2,1-2H3/b26-17-. The molecule has 6 nitrogen and oxygen atoms in total. The summed E-state index contributed by atoms with van der Waals surface area (Å²) < 4.78 is 13.3. The number of nitrogens with zero attached hydrogens (tertiary/aromatic N) is 3. The molecule has 1 aliphatic heterocycles. The number of carbonyl (C=O) groups excluding carboxylic acids is 1. The number of carbonyl (C=O) groups is 1. The molecule has 1 aromatic heterocycles. The van der Waals surface area contributed by atoms with Gasteiger partial charge in [0.25, 0.3) is 5.91 Å². The molecule has 0 bridgehead atoms. The number of benzene rings is 3. The summed E-state index contributed by atoms with van der Waals surface area (Å²) in [4.78, 5) is 15.6. The van der Waals surface area contributed by atoms with Gasteiger partial charge in [-0.1, -0.05) is 66.4 Å². The van der Waals surface area contributed by atoms with Gasteiger partial charge in [0.2, 0.25) is 0 Å². The van der Waals surface area contributed by atoms with E-state index in [0.29, 0.717) is 22.4 Å². The van der Waals surface area contributed by atoms with E-state index in [2.05, 4.69) is 0 Å². The summed E-state index contributed by atoms with van der Waals surface area (Å²) in [7, 11) is 1.63. The molecule has 186 valence electrons. The van der Waals surface area contributed by atoms with Crippen LogP contribution in [-0.4, -0.2) is 38.6 Å². The van der Waals surface area contributed by atoms with Crippen LogP contribution in [0.25, 0.3) is 23.0 Å². The van der Waals surface area contributed by atoms with Gasteiger partial charge < -0.3 is 9.47 Å². The number of hydrogen-bond donors (Lipinski definition) is 0. The molecular weight excluding hydrogens is 502 g/mol. The van der Waals surface area contributed by atoms with Gasteiger partial charge in [-0.3, -0.25) is 9.69 Å². The molecule has 3 aromatic carbocycles. The zero-order chi connectivity index (χ0) is 25.8. The highest BCUT2D eigenvalue weighted by Crippen LogP contribution is 2.36. The minimum absolute atomic E-state index is 0.118. The topological polar surface area (TPSA) is 56.6 Å². The van der Waals surface area contributed by atoms with E-state index in [1.54, 1.807) is 12.0 Å². The van der Waals surface area contributed by atoms with Gasteiger partial charge in [0, 0.05) is 17.3 Å². The maximum atomic E-state index is 13.4. The van der Waals surface area contributed by atoms with Gasteiger partial charge in [0.1, 0.15) is 21.5 Å². The van der Waals surface area contributed by atoms with Crippen LogP contribution < -0.4 is 9.47 Å². The lowest BCUT2D eigenvalue weighted by Crippen LogP contribution is -2.27. The van der Waals surface area contributed by atoms with Gasteiger partial charge in [0.05, 0.1) is 30.9 Å². The molecule has 4 aromatic rings. The molecule has 1 fully saturated rings. The fraction of sp³-hybridized carbons (Fsp3) is 0.138. The van der Waals surface area contributed by atoms with E-state index in [0.717, 1.165) is 39.6 Å². The van der Waals surface area contributed by atoms with E-state index in [9.17, 15) is 4.79 Å². The Bertz CT molecular complexity index is 1460. The minimum Gasteiger partial charge on any atom is -0.497 e. The quantitative estimate of drug-likeness (QED) is 0.197. The Balaban J connectivity index is 1.50. The van der Waals surface area contributed by atoms with E-state index >= 15 is 0 Å². The number of thiocarbonyl (C=S) groups is 1. The molecule has 0 saturated carbocycles. The Kier molecular flexibility index (Phi) is 7.39. The number of thioether (sulfide) groups is 1. The van der Waals surface area contributed by atoms with Crippen LogP contribution in [0.15, 0.2) is 90.0 Å². The van der Waals surface area contributed by atoms with Crippen molar-refractivity contribution >= 4 is 40.3 Å². The number of rotatable bonds is 8. The zero-order valence-corrected chi connectivity index (χ0v) is 22.1. The van der Waals surface area contributed by atoms with Gasteiger partial charge in [-0.2, -0.15) is 5.10 Å². The Labute approximate surface area is 225 Å². The van der Waals surface area contributed by atoms with Crippen molar-refractivity contribution in [3.63, 3.8) is 0 Å². The molecule has 0 aliphatic carbocycles. The van der Waals surface area contributed by atoms with Gasteiger partial charge in [-0.25, -0.2) is 4.68 Å². The molecule has 1 amide bonds. The fourth-order valence-corrected chi connectivity index (χ4v) is 5.27. The van der Waals surface area contributed by atoms with E-state index in [1.165, 1.54) is 11.8 Å². The van der Waals surface area contributed by atoms with Crippen LogP contribution >= 0.6 is 24.0 Å². The molecule has 5 rings (SSSR count). The third-order valence-electron chi connectivity index (χ3n) is 5.84. The lowest BCUT2D eigenvalue weighted by Gasteiger charge is -2.14. The van der Waals surface area contributed by atoms with Crippen LogP contribution in [-0.2, 0) is 11.3 Å². The fourth-order valence-electron chi connectivity index (χ4n) is 4.02. The van der Waals surface area contributed by atoms with Crippen molar-refractivity contribution in [1.29, 1.82) is 0 Å². The summed E-state index contributed by atoms with van der Waals surface area (Å²) in [6, 6.07) is 25.3. The molecule has 0 unspecified atom stereocenters. The first-order chi connectivity index (χ1) is 18.1. The highest BCUT2D eigenvalue weighted by molar-refractivity contribution is 8.26. The number of para-hydroxylation sites is 1. The van der Waals surface area contributed by atoms with Crippen molar-refractivity contribution in [2.24, 2.45) is 0 Å². The van der Waals surface area contributed by atoms with Crippen molar-refractivity contribution in [1.82, 2.24) is 14.7 Å². The molecule has 37 heavy (non-hydrogen) atoms. The van der Waals surface area contributed by atoms with Crippen LogP contribution in [0.4, 0.5) is 0 Å². The van der Waals surface area contributed by atoms with E-state index in [1.807, 2.05) is 103 Å². The molecule has 0 N–H and O–H groups in total. The maximum Gasteiger partial charge on any atom is 0.266 e. The monoisotopic (exact) mass is 527 g/mol. The molecule has 1 aliphatic rings. The summed E-state index contributed by atoms with van der Waals surface area (Å²) in [5, 5.41) is 4.88. The summed E-state index contributed by atoms with van der Waals surface area (Å²) in [5.41, 5.74) is 4.38. The maximum absolute atomic E-state index is 13.4. The molecule has 8 heteroatoms. The van der Waals surface area contributed by atoms with Crippen LogP contribution in [0.1, 0.15) is 18.1 Å². The number of aromatic nitrogens is 2. The van der Waals surface area contributed by atoms with Gasteiger partial charge in [0.15, 0.2) is 0 Å². The lowest BCUT2D eigenvalue weighted by molar-refractivity contribution is -0.122. The van der Waals surface area contributed by atoms with Crippen molar-refractivity contribution in [2.45, 2.75) is 13.5 Å². The molecular formula is C29H25N3O3S2. The van der Waals surface area contributed by atoms with Crippen LogP contribution in [0.3, 0.4) is 0 Å². The number of amides is 1. The molecule has 0 atom stereocenters. The van der Waals surface area contributed by atoms with Gasteiger partial charge in [-0.05, 0) is 55.0 Å². The zero-order valence-electron chi connectivity index (χ0n) is 20.5. The lowest BCUT2D eigenvalue weighted by atomic mass is 10.1. The Morgan fingerprint density at radius 2 is 1.78 bits per heavy atom. The highest BCUT2D eigenvalue weighted by Gasteiger charge is 2.32. The predicted octanol–water partition coefficient (Wildman–Crippen LogP) is 6.35. The van der Waals surface area contributed by atoms with Crippen molar-refractivity contribution in [3.05, 3.63) is 101 Å². The first-order valence-corrected chi connectivity index (χ1v) is 13.0. The first kappa shape index (κ1) is 24.8. The normalized spacial score (nSPS) is 14.4. The summed E-state index contributed by atoms with van der Waals surface area (Å²) in [6.45, 7) is 2.93. The number of methoxy groups -OCH3 is 1. The van der Waals surface area contributed by atoms with Crippen LogP contribution in [0, 0.1) is 0 Å². The summed E-state index contributed by atoms with van der Waals surface area (Å²) >= 11 is 6.88. The van der Waals surface area contributed by atoms with E-state index in [4.69, 9.17) is 26.8 Å². The Morgan fingerprint density at radius 1 is 1.00 bits per heavy atom. The second kappa shape index (κ2) is 11.0. The van der Waals surface area contributed by atoms with Crippen LogP contribution in [0.5, 0.6) is 11.5 Å². The average molecular weight is 528 g/mol. The van der Waals surface area contributed by atoms with Gasteiger partial charge in [-0.15, -0.1) is 0 Å². The highest BCUT2D eigenvalue weighted by atomic mass is 32.2. The third-order valence-corrected chi connectivity index (χ3v) is 7.22. The number of hydrogen-bond acceptors (Lipinski definition) is 6. The average Bonchev–Trinajstić information content (AvgIpc) is 3.46. The largest absolute Gasteiger partial charge is 0.497 e. The van der Waals surface area contributed by atoms with Crippen LogP contribution in [0.2, 0.25) is 0 Å². The first-order valence-electron chi connectivity index (χ1n) is 11.8. The third kappa shape index (κ3) is 5.45. The van der Waals surface area contributed by atoms with Crippen molar-refractivity contribution in [3.8, 4) is 28.4 Å². The molecule has 2 heterocycles. The van der Waals surface area contributed by atoms with Gasteiger partial charge >= 0.3 is 0 Å². The minimum atomic E-state index is -0.118. The second-order valence-electron chi connectivity index (χ2n) is 8.29. The Morgan fingerprint density at radius 3 is 2.51 bits per heavy atom. The van der Waals surface area contributed by atoms with E-state index < -0.39 is 0 Å². The SMILES string of the molecule is CCOc1cccc(-c2nn(-c3ccccc3)cc2/C=C2\SC(=S)N(Cc3ccc(OC)cc3)C2=O)c1. The van der Waals surface area contributed by atoms with Crippen molar-refractivity contribution < 1.29 is 14.3 Å². The predicted molar refractivity (Wildman–Crippen MR) is 152 cm³/mol. The van der Waals surface area contributed by atoms with Crippen molar-refractivity contribution in [2.75, 3.05) is 13.7 Å². The van der Waals surface area contributed by atoms with E-state index in [-0.39, 0.29) is 5.91 Å². The smallest absolute Gasteiger partial charge is 0.266 e. The molecule has 1 saturated heterocycles. The summed E-state index contributed by atoms with van der Waals surface area (Å²) in [5.74, 6) is 1.42. The Hall–Kier alpha value is -3.88. The number of ether oxygens (including phenoxy) is 2. The molecule has 0 radical (unpaired) electrons. The molecule has 0 spiro atoms.